The number of methoxy groups -OCH3 is 2. The number of rotatable bonds is 5. The van der Waals surface area contributed by atoms with E-state index in [9.17, 15) is 9.90 Å². The van der Waals surface area contributed by atoms with Gasteiger partial charge < -0.3 is 29.0 Å². The van der Waals surface area contributed by atoms with Gasteiger partial charge in [0.15, 0.2) is 11.5 Å². The van der Waals surface area contributed by atoms with Crippen LogP contribution >= 0.6 is 0 Å². The van der Waals surface area contributed by atoms with Crippen molar-refractivity contribution in [3.8, 4) is 11.5 Å². The first-order valence-electron chi connectivity index (χ1n) is 9.55. The van der Waals surface area contributed by atoms with E-state index in [4.69, 9.17) is 9.47 Å². The van der Waals surface area contributed by atoms with E-state index in [0.717, 1.165) is 11.0 Å². The molecular weight excluding hydrogens is 384 g/mol. The number of aliphatic hydroxyl groups is 1. The van der Waals surface area contributed by atoms with E-state index in [1.165, 1.54) is 4.57 Å². The van der Waals surface area contributed by atoms with Crippen molar-refractivity contribution in [1.82, 2.24) is 19.4 Å². The van der Waals surface area contributed by atoms with Gasteiger partial charge in [-0.05, 0) is 19.1 Å². The summed E-state index contributed by atoms with van der Waals surface area (Å²) < 4.78 is 14.3. The molecule has 0 saturated heterocycles. The van der Waals surface area contributed by atoms with Gasteiger partial charge in [0, 0.05) is 48.3 Å². The zero-order valence-corrected chi connectivity index (χ0v) is 17.3. The maximum Gasteiger partial charge on any atom is 0.250 e. The predicted molar refractivity (Wildman–Crippen MR) is 114 cm³/mol. The number of ether oxygens (including phenoxy) is 2. The molecule has 0 saturated carbocycles. The number of pyridine rings is 1. The number of nitrogens with one attached hydrogen (secondary N) is 1. The number of dihydropyridines is 1. The van der Waals surface area contributed by atoms with Crippen LogP contribution in [0.1, 0.15) is 18.7 Å². The number of hydrogen-bond donors (Lipinski definition) is 2. The molecule has 3 heterocycles. The van der Waals surface area contributed by atoms with Gasteiger partial charge in [-0.25, -0.2) is 4.98 Å². The summed E-state index contributed by atoms with van der Waals surface area (Å²) >= 11 is 0. The Kier molecular flexibility index (Phi) is 5.09. The van der Waals surface area contributed by atoms with E-state index in [1.807, 2.05) is 34.9 Å². The molecule has 1 unspecified atom stereocenters. The third-order valence-electron chi connectivity index (χ3n) is 5.26. The molecular formula is C22H24N4O4. The zero-order chi connectivity index (χ0) is 21.4. The van der Waals surface area contributed by atoms with E-state index >= 15 is 0 Å². The molecule has 2 atom stereocenters. The molecule has 1 aliphatic rings. The highest BCUT2D eigenvalue weighted by molar-refractivity contribution is 5.80. The molecule has 3 aromatic rings. The van der Waals surface area contributed by atoms with E-state index in [-0.39, 0.29) is 11.7 Å². The van der Waals surface area contributed by atoms with Crippen LogP contribution in [0.3, 0.4) is 0 Å². The Morgan fingerprint density at radius 2 is 1.93 bits per heavy atom. The first-order valence-corrected chi connectivity index (χ1v) is 9.55. The van der Waals surface area contributed by atoms with Crippen molar-refractivity contribution in [2.24, 2.45) is 7.05 Å². The number of hydrogen-bond acceptors (Lipinski definition) is 6. The molecule has 0 aliphatic carbocycles. The van der Waals surface area contributed by atoms with Gasteiger partial charge in [0.2, 0.25) is 0 Å². The minimum atomic E-state index is -0.697. The zero-order valence-electron chi connectivity index (χ0n) is 17.3. The number of benzene rings is 1. The van der Waals surface area contributed by atoms with E-state index in [0.29, 0.717) is 28.3 Å². The molecule has 0 radical (unpaired) electrons. The third kappa shape index (κ3) is 3.35. The van der Waals surface area contributed by atoms with Gasteiger partial charge in [-0.1, -0.05) is 6.08 Å². The topological polar surface area (TPSA) is 90.5 Å². The second-order valence-corrected chi connectivity index (χ2v) is 7.17. The molecule has 156 valence electrons. The summed E-state index contributed by atoms with van der Waals surface area (Å²) in [5, 5.41) is 13.7. The van der Waals surface area contributed by atoms with Gasteiger partial charge in [-0.15, -0.1) is 0 Å². The summed E-state index contributed by atoms with van der Waals surface area (Å²) in [6.45, 7) is 1.70. The van der Waals surface area contributed by atoms with Crippen LogP contribution in [0.2, 0.25) is 0 Å². The Morgan fingerprint density at radius 3 is 2.60 bits per heavy atom. The second kappa shape index (κ2) is 7.72. The molecule has 8 nitrogen and oxygen atoms in total. The largest absolute Gasteiger partial charge is 0.493 e. The van der Waals surface area contributed by atoms with Gasteiger partial charge in [0.1, 0.15) is 6.17 Å². The lowest BCUT2D eigenvalue weighted by atomic mass is 9.99. The number of aryl methyl sites for hydroxylation is 1. The Hall–Kier alpha value is -3.52. The van der Waals surface area contributed by atoms with Crippen molar-refractivity contribution in [2.45, 2.75) is 19.2 Å². The molecule has 4 rings (SSSR count). The average Bonchev–Trinajstić information content (AvgIpc) is 3.16. The second-order valence-electron chi connectivity index (χ2n) is 7.17. The van der Waals surface area contributed by atoms with Gasteiger partial charge in [-0.2, -0.15) is 0 Å². The highest BCUT2D eigenvalue weighted by Gasteiger charge is 2.22. The lowest BCUT2D eigenvalue weighted by Gasteiger charge is -2.28. The summed E-state index contributed by atoms with van der Waals surface area (Å²) in [5.74, 6) is 1.22. The molecule has 0 spiro atoms. The maximum atomic E-state index is 12.2. The summed E-state index contributed by atoms with van der Waals surface area (Å²) in [6.07, 6.45) is 6.31. The molecule has 1 aliphatic heterocycles. The molecule has 0 bridgehead atoms. The van der Waals surface area contributed by atoms with E-state index < -0.39 is 6.10 Å². The van der Waals surface area contributed by atoms with Gasteiger partial charge >= 0.3 is 0 Å². The fourth-order valence-electron chi connectivity index (χ4n) is 3.60. The molecule has 1 aromatic carbocycles. The average molecular weight is 408 g/mol. The summed E-state index contributed by atoms with van der Waals surface area (Å²) in [5.41, 5.74) is 3.64. The molecule has 0 amide bonds. The predicted octanol–water partition coefficient (Wildman–Crippen LogP) is 2.20. The molecule has 2 N–H and O–H groups in total. The summed E-state index contributed by atoms with van der Waals surface area (Å²) in [4.78, 5) is 16.7. The number of fused-ring (bicyclic) bond motifs is 1. The fourth-order valence-corrected chi connectivity index (χ4v) is 3.60. The number of imidazole rings is 1. The van der Waals surface area contributed by atoms with Crippen LogP contribution in [-0.2, 0) is 7.05 Å². The smallest absolute Gasteiger partial charge is 0.250 e. The molecule has 0 fully saturated rings. The summed E-state index contributed by atoms with van der Waals surface area (Å²) in [7, 11) is 4.88. The summed E-state index contributed by atoms with van der Waals surface area (Å²) in [6, 6.07) is 7.11. The lowest BCUT2D eigenvalue weighted by Crippen LogP contribution is -2.29. The van der Waals surface area contributed by atoms with Crippen molar-refractivity contribution in [1.29, 1.82) is 0 Å². The Bertz CT molecular complexity index is 1220. The minimum Gasteiger partial charge on any atom is -0.493 e. The van der Waals surface area contributed by atoms with Crippen molar-refractivity contribution in [3.63, 3.8) is 0 Å². The van der Waals surface area contributed by atoms with Gasteiger partial charge in [0.25, 0.3) is 5.56 Å². The van der Waals surface area contributed by atoms with Crippen LogP contribution in [0, 0.1) is 0 Å². The van der Waals surface area contributed by atoms with Gasteiger partial charge in [0.05, 0.1) is 37.7 Å². The van der Waals surface area contributed by atoms with Crippen molar-refractivity contribution >= 4 is 16.7 Å². The maximum absolute atomic E-state index is 12.2. The highest BCUT2D eigenvalue weighted by Crippen LogP contribution is 2.34. The van der Waals surface area contributed by atoms with Crippen LogP contribution in [-0.4, -0.2) is 39.5 Å². The van der Waals surface area contributed by atoms with Crippen molar-refractivity contribution < 1.29 is 14.6 Å². The van der Waals surface area contributed by atoms with Gasteiger partial charge in [-0.3, -0.25) is 4.79 Å². The fraction of sp³-hybridized carbons (Fsp3) is 0.273. The SMILES string of the molecule is COc1cc2ncn([C@H]3C=CC(C(C)O)=C(c4ccn(C)c(=O)c4)N3)c2cc1OC. The normalized spacial score (nSPS) is 17.2. The van der Waals surface area contributed by atoms with Crippen LogP contribution < -0.4 is 20.3 Å². The number of aromatic nitrogens is 3. The number of nitrogens with zero attached hydrogens (tertiary/aromatic N) is 3. The quantitative estimate of drug-likeness (QED) is 0.673. The standard InChI is InChI=1S/C22H24N4O4/c1-13(27)15-5-6-20(24-22(15)14-7-8-25(2)21(28)9-14)26-12-23-16-10-18(29-3)19(30-4)11-17(16)26/h5-13,20,24,27H,1-4H3/t13?,20-/m0/s1. The van der Waals surface area contributed by atoms with Crippen molar-refractivity contribution in [3.05, 3.63) is 70.4 Å². The molecule has 8 heteroatoms. The Balaban J connectivity index is 1.78. The van der Waals surface area contributed by atoms with E-state index in [1.54, 1.807) is 46.8 Å². The Morgan fingerprint density at radius 1 is 1.20 bits per heavy atom. The highest BCUT2D eigenvalue weighted by atomic mass is 16.5. The van der Waals surface area contributed by atoms with Crippen LogP contribution in [0.4, 0.5) is 0 Å². The van der Waals surface area contributed by atoms with Crippen LogP contribution in [0.5, 0.6) is 11.5 Å². The first-order chi connectivity index (χ1) is 14.4. The Labute approximate surface area is 173 Å². The van der Waals surface area contributed by atoms with E-state index in [2.05, 4.69) is 10.3 Å². The molecule has 2 aromatic heterocycles. The first kappa shape index (κ1) is 19.8. The van der Waals surface area contributed by atoms with Crippen LogP contribution in [0.25, 0.3) is 16.7 Å². The minimum absolute atomic E-state index is 0.122. The number of aliphatic hydroxyl groups excluding tert-OH is 1. The van der Waals surface area contributed by atoms with Crippen molar-refractivity contribution in [2.75, 3.05) is 14.2 Å². The van der Waals surface area contributed by atoms with Crippen LogP contribution in [0.15, 0.2) is 59.3 Å². The lowest BCUT2D eigenvalue weighted by molar-refractivity contribution is 0.234. The third-order valence-corrected chi connectivity index (χ3v) is 5.26. The molecule has 30 heavy (non-hydrogen) atoms. The monoisotopic (exact) mass is 408 g/mol.